The maximum atomic E-state index is 12.7. The van der Waals surface area contributed by atoms with Crippen molar-refractivity contribution in [3.8, 4) is 0 Å². The highest BCUT2D eigenvalue weighted by molar-refractivity contribution is 14.1. The minimum absolute atomic E-state index is 0.0778. The van der Waals surface area contributed by atoms with Crippen LogP contribution in [0, 0.1) is 10.5 Å². The van der Waals surface area contributed by atoms with E-state index in [0.29, 0.717) is 5.69 Å². The largest absolute Gasteiger partial charge is 0.335 e. The van der Waals surface area contributed by atoms with Gasteiger partial charge >= 0.3 is 0 Å². The SMILES string of the molecule is CCn1cc(CN2CCN(C(=O)c3c(I)cnn3C)CC2)c(C)n1. The molecule has 130 valence electrons. The molecule has 1 fully saturated rings. The van der Waals surface area contributed by atoms with Crippen LogP contribution in [0.5, 0.6) is 0 Å². The van der Waals surface area contributed by atoms with Crippen molar-refractivity contribution in [2.45, 2.75) is 26.9 Å². The third kappa shape index (κ3) is 3.49. The van der Waals surface area contributed by atoms with Gasteiger partial charge in [-0.2, -0.15) is 10.2 Å². The molecule has 1 saturated heterocycles. The molecule has 8 heteroatoms. The van der Waals surface area contributed by atoms with Gasteiger partial charge in [0, 0.05) is 58.1 Å². The molecular formula is C16H23IN6O. The number of rotatable bonds is 4. The molecule has 1 aliphatic rings. The number of aromatic nitrogens is 4. The van der Waals surface area contributed by atoms with Crippen LogP contribution in [0.25, 0.3) is 0 Å². The first-order valence-corrected chi connectivity index (χ1v) is 9.29. The van der Waals surface area contributed by atoms with Crippen molar-refractivity contribution in [2.24, 2.45) is 7.05 Å². The molecule has 2 aromatic rings. The molecule has 0 spiro atoms. The molecule has 2 aromatic heterocycles. The molecule has 0 N–H and O–H groups in total. The second-order valence-corrected chi connectivity index (χ2v) is 7.29. The standard InChI is InChI=1S/C16H23IN6O/c1-4-23-11-13(12(2)19-23)10-21-5-7-22(8-6-21)16(24)15-14(17)9-18-20(15)3/h9,11H,4-8,10H2,1-3H3. The Labute approximate surface area is 155 Å². The fraction of sp³-hybridized carbons (Fsp3) is 0.562. The summed E-state index contributed by atoms with van der Waals surface area (Å²) in [6, 6.07) is 0. The Balaban J connectivity index is 1.59. The van der Waals surface area contributed by atoms with Gasteiger partial charge in [0.2, 0.25) is 0 Å². The number of nitrogens with zero attached hydrogens (tertiary/aromatic N) is 6. The van der Waals surface area contributed by atoms with Crippen LogP contribution in [0.4, 0.5) is 0 Å². The van der Waals surface area contributed by atoms with E-state index in [-0.39, 0.29) is 5.91 Å². The number of halogens is 1. The number of hydrogen-bond donors (Lipinski definition) is 0. The zero-order valence-corrected chi connectivity index (χ0v) is 16.5. The topological polar surface area (TPSA) is 59.2 Å². The van der Waals surface area contributed by atoms with Crippen molar-refractivity contribution in [1.82, 2.24) is 29.4 Å². The van der Waals surface area contributed by atoms with Crippen molar-refractivity contribution in [3.05, 3.63) is 32.9 Å². The predicted octanol–water partition coefficient (Wildman–Crippen LogP) is 1.51. The lowest BCUT2D eigenvalue weighted by atomic mass is 10.2. The molecule has 3 heterocycles. The van der Waals surface area contributed by atoms with E-state index in [1.54, 1.807) is 10.9 Å². The zero-order valence-electron chi connectivity index (χ0n) is 14.4. The number of carbonyl (C=O) groups excluding carboxylic acids is 1. The van der Waals surface area contributed by atoms with E-state index in [9.17, 15) is 4.79 Å². The molecule has 7 nitrogen and oxygen atoms in total. The van der Waals surface area contributed by atoms with Gasteiger partial charge in [-0.05, 0) is 36.4 Å². The first kappa shape index (κ1) is 17.4. The Morgan fingerprint density at radius 2 is 2.00 bits per heavy atom. The van der Waals surface area contributed by atoms with Crippen LogP contribution in [0.2, 0.25) is 0 Å². The normalized spacial score (nSPS) is 15.9. The van der Waals surface area contributed by atoms with E-state index in [4.69, 9.17) is 0 Å². The Kier molecular flexibility index (Phi) is 5.24. The first-order valence-electron chi connectivity index (χ1n) is 8.21. The number of piperazine rings is 1. The van der Waals surface area contributed by atoms with Crippen molar-refractivity contribution in [2.75, 3.05) is 26.2 Å². The van der Waals surface area contributed by atoms with Gasteiger partial charge in [-0.25, -0.2) is 0 Å². The van der Waals surface area contributed by atoms with Gasteiger partial charge in [-0.1, -0.05) is 0 Å². The van der Waals surface area contributed by atoms with E-state index in [1.807, 2.05) is 16.6 Å². The maximum absolute atomic E-state index is 12.7. The van der Waals surface area contributed by atoms with E-state index >= 15 is 0 Å². The summed E-state index contributed by atoms with van der Waals surface area (Å²) in [5.41, 5.74) is 3.06. The lowest BCUT2D eigenvalue weighted by Crippen LogP contribution is -2.48. The van der Waals surface area contributed by atoms with Crippen LogP contribution < -0.4 is 0 Å². The van der Waals surface area contributed by atoms with Crippen LogP contribution in [-0.4, -0.2) is 61.4 Å². The Hall–Kier alpha value is -1.42. The van der Waals surface area contributed by atoms with Crippen LogP contribution in [0.15, 0.2) is 12.4 Å². The van der Waals surface area contributed by atoms with Gasteiger partial charge in [0.25, 0.3) is 5.91 Å². The average Bonchev–Trinajstić information content (AvgIpc) is 3.10. The number of carbonyl (C=O) groups is 1. The fourth-order valence-corrected chi connectivity index (χ4v) is 3.73. The summed E-state index contributed by atoms with van der Waals surface area (Å²) >= 11 is 2.17. The van der Waals surface area contributed by atoms with E-state index in [1.165, 1.54) is 5.56 Å². The lowest BCUT2D eigenvalue weighted by Gasteiger charge is -2.34. The highest BCUT2D eigenvalue weighted by Crippen LogP contribution is 2.16. The van der Waals surface area contributed by atoms with Gasteiger partial charge in [0.15, 0.2) is 0 Å². The quantitative estimate of drug-likeness (QED) is 0.674. The Bertz CT molecular complexity index is 710. The smallest absolute Gasteiger partial charge is 0.273 e. The van der Waals surface area contributed by atoms with E-state index < -0.39 is 0 Å². The van der Waals surface area contributed by atoms with Crippen LogP contribution in [-0.2, 0) is 20.1 Å². The second-order valence-electron chi connectivity index (χ2n) is 6.13. The summed E-state index contributed by atoms with van der Waals surface area (Å²) in [4.78, 5) is 17.0. The summed E-state index contributed by atoms with van der Waals surface area (Å²) in [6.45, 7) is 9.23. The fourth-order valence-electron chi connectivity index (χ4n) is 3.03. The lowest BCUT2D eigenvalue weighted by molar-refractivity contribution is 0.0616. The molecule has 0 aliphatic carbocycles. The predicted molar refractivity (Wildman–Crippen MR) is 99.7 cm³/mol. The van der Waals surface area contributed by atoms with Crippen LogP contribution in [0.3, 0.4) is 0 Å². The minimum atomic E-state index is 0.0778. The van der Waals surface area contributed by atoms with Gasteiger partial charge in [-0.3, -0.25) is 19.1 Å². The second kappa shape index (κ2) is 7.22. The zero-order chi connectivity index (χ0) is 17.3. The van der Waals surface area contributed by atoms with Crippen molar-refractivity contribution in [1.29, 1.82) is 0 Å². The monoisotopic (exact) mass is 442 g/mol. The molecule has 0 unspecified atom stereocenters. The average molecular weight is 442 g/mol. The van der Waals surface area contributed by atoms with Gasteiger partial charge in [0.05, 0.1) is 15.5 Å². The third-order valence-corrected chi connectivity index (χ3v) is 5.31. The summed E-state index contributed by atoms with van der Waals surface area (Å²) < 4.78 is 4.55. The Morgan fingerprint density at radius 1 is 1.29 bits per heavy atom. The van der Waals surface area contributed by atoms with Crippen molar-refractivity contribution in [3.63, 3.8) is 0 Å². The van der Waals surface area contributed by atoms with Crippen LogP contribution in [0.1, 0.15) is 28.7 Å². The molecule has 0 atom stereocenters. The first-order chi connectivity index (χ1) is 11.5. The number of hydrogen-bond acceptors (Lipinski definition) is 4. The summed E-state index contributed by atoms with van der Waals surface area (Å²) in [6.07, 6.45) is 3.86. The molecule has 1 amide bonds. The third-order valence-electron chi connectivity index (χ3n) is 4.52. The number of amides is 1. The van der Waals surface area contributed by atoms with Crippen molar-refractivity contribution >= 4 is 28.5 Å². The minimum Gasteiger partial charge on any atom is -0.335 e. The highest BCUT2D eigenvalue weighted by atomic mass is 127. The number of aryl methyl sites for hydroxylation is 3. The molecule has 0 radical (unpaired) electrons. The molecular weight excluding hydrogens is 419 g/mol. The summed E-state index contributed by atoms with van der Waals surface area (Å²) in [5.74, 6) is 0.0778. The molecule has 0 saturated carbocycles. The van der Waals surface area contributed by atoms with Gasteiger partial charge < -0.3 is 4.90 Å². The van der Waals surface area contributed by atoms with Crippen LogP contribution >= 0.6 is 22.6 Å². The van der Waals surface area contributed by atoms with E-state index in [0.717, 1.165) is 48.5 Å². The highest BCUT2D eigenvalue weighted by Gasteiger charge is 2.26. The molecule has 0 bridgehead atoms. The van der Waals surface area contributed by atoms with Gasteiger partial charge in [0.1, 0.15) is 5.69 Å². The molecule has 24 heavy (non-hydrogen) atoms. The molecule has 3 rings (SSSR count). The van der Waals surface area contributed by atoms with Crippen molar-refractivity contribution < 1.29 is 4.79 Å². The van der Waals surface area contributed by atoms with Gasteiger partial charge in [-0.15, -0.1) is 0 Å². The summed E-state index contributed by atoms with van der Waals surface area (Å²) in [5, 5.41) is 8.67. The van der Waals surface area contributed by atoms with E-state index in [2.05, 4.69) is 57.7 Å². The maximum Gasteiger partial charge on any atom is 0.273 e. The molecule has 0 aromatic carbocycles. The Morgan fingerprint density at radius 3 is 2.54 bits per heavy atom. The summed E-state index contributed by atoms with van der Waals surface area (Å²) in [7, 11) is 1.82. The molecule has 1 aliphatic heterocycles.